The van der Waals surface area contributed by atoms with E-state index in [0.717, 1.165) is 30.8 Å². The van der Waals surface area contributed by atoms with Crippen LogP contribution in [0.3, 0.4) is 0 Å². The number of nitrogens with zero attached hydrogens (tertiary/aromatic N) is 1. The summed E-state index contributed by atoms with van der Waals surface area (Å²) < 4.78 is 0. The maximum absolute atomic E-state index is 8.06. The summed E-state index contributed by atoms with van der Waals surface area (Å²) in [6, 6.07) is 3.86. The molecule has 0 unspecified atom stereocenters. The average molecular weight is 219 g/mol. The number of rotatable bonds is 6. The van der Waals surface area contributed by atoms with E-state index in [1.165, 1.54) is 0 Å². The van der Waals surface area contributed by atoms with Crippen molar-refractivity contribution >= 4 is 11.5 Å². The number of pyridine rings is 1. The van der Waals surface area contributed by atoms with Crippen molar-refractivity contribution in [2.45, 2.75) is 33.6 Å². The van der Waals surface area contributed by atoms with E-state index in [0.29, 0.717) is 11.6 Å². The molecule has 0 aromatic carbocycles. The summed E-state index contributed by atoms with van der Waals surface area (Å²) in [5.74, 6) is 1.35. The first kappa shape index (κ1) is 12.7. The Bertz CT molecular complexity index is 345. The van der Waals surface area contributed by atoms with Gasteiger partial charge in [-0.3, -0.25) is 0 Å². The molecule has 0 spiro atoms. The van der Waals surface area contributed by atoms with Crippen LogP contribution in [0.2, 0.25) is 0 Å². The first-order valence-electron chi connectivity index (χ1n) is 5.91. The predicted molar refractivity (Wildman–Crippen MR) is 69.3 cm³/mol. The van der Waals surface area contributed by atoms with Gasteiger partial charge in [-0.25, -0.2) is 4.98 Å². The van der Waals surface area contributed by atoms with Crippen LogP contribution in [0, 0.1) is 11.3 Å². The van der Waals surface area contributed by atoms with Gasteiger partial charge in [0.1, 0.15) is 5.82 Å². The molecule has 1 aromatic heterocycles. The second kappa shape index (κ2) is 6.26. The van der Waals surface area contributed by atoms with Crippen LogP contribution in [0.4, 0.5) is 5.82 Å². The van der Waals surface area contributed by atoms with Crippen molar-refractivity contribution in [2.75, 3.05) is 11.9 Å². The van der Waals surface area contributed by atoms with Gasteiger partial charge >= 0.3 is 0 Å². The number of anilines is 1. The molecular weight excluding hydrogens is 198 g/mol. The lowest BCUT2D eigenvalue weighted by atomic mass is 10.0. The maximum Gasteiger partial charge on any atom is 0.135 e. The van der Waals surface area contributed by atoms with E-state index in [1.54, 1.807) is 6.20 Å². The van der Waals surface area contributed by atoms with E-state index in [2.05, 4.69) is 31.1 Å². The third-order valence-electron chi connectivity index (χ3n) is 2.29. The van der Waals surface area contributed by atoms with E-state index in [9.17, 15) is 0 Å². The molecule has 1 heterocycles. The molecule has 0 atom stereocenters. The highest BCUT2D eigenvalue weighted by Gasteiger charge is 2.09. The average Bonchev–Trinajstić information content (AvgIpc) is 2.25. The smallest absolute Gasteiger partial charge is 0.135 e. The molecule has 3 nitrogen and oxygen atoms in total. The van der Waals surface area contributed by atoms with Crippen LogP contribution in [-0.4, -0.2) is 17.2 Å². The molecule has 3 heteroatoms. The molecule has 0 fully saturated rings. The monoisotopic (exact) mass is 219 g/mol. The van der Waals surface area contributed by atoms with Gasteiger partial charge in [-0.15, -0.1) is 0 Å². The van der Waals surface area contributed by atoms with E-state index < -0.39 is 0 Å². The molecule has 88 valence electrons. The third kappa shape index (κ3) is 3.65. The Morgan fingerprint density at radius 1 is 1.50 bits per heavy atom. The van der Waals surface area contributed by atoms with Crippen LogP contribution in [0.25, 0.3) is 0 Å². The summed E-state index contributed by atoms with van der Waals surface area (Å²) in [6.07, 6.45) is 3.63. The minimum Gasteiger partial charge on any atom is -0.370 e. The minimum atomic E-state index is 0.506. The molecule has 0 radical (unpaired) electrons. The van der Waals surface area contributed by atoms with Crippen molar-refractivity contribution in [2.24, 2.45) is 5.92 Å². The SMILES string of the molecule is CCCNc1ncccc1C(=N)CC(C)C. The van der Waals surface area contributed by atoms with Gasteiger partial charge in [0.25, 0.3) is 0 Å². The lowest BCUT2D eigenvalue weighted by Crippen LogP contribution is -2.10. The van der Waals surface area contributed by atoms with Crippen molar-refractivity contribution in [1.82, 2.24) is 4.98 Å². The second-order valence-corrected chi connectivity index (χ2v) is 4.40. The fourth-order valence-corrected chi connectivity index (χ4v) is 1.55. The topological polar surface area (TPSA) is 48.8 Å². The standard InChI is InChI=1S/C13H21N3/c1-4-7-15-13-11(6-5-8-16-13)12(14)9-10(2)3/h5-6,8,10,14H,4,7,9H2,1-3H3,(H,15,16). The van der Waals surface area contributed by atoms with Crippen LogP contribution in [0.1, 0.15) is 39.2 Å². The summed E-state index contributed by atoms with van der Waals surface area (Å²) in [7, 11) is 0. The van der Waals surface area contributed by atoms with Gasteiger partial charge in [0.15, 0.2) is 0 Å². The van der Waals surface area contributed by atoms with Gasteiger partial charge in [-0.1, -0.05) is 20.8 Å². The lowest BCUT2D eigenvalue weighted by molar-refractivity contribution is 0.682. The van der Waals surface area contributed by atoms with Crippen LogP contribution in [-0.2, 0) is 0 Å². The Kier molecular flexibility index (Phi) is 4.96. The number of hydrogen-bond acceptors (Lipinski definition) is 3. The summed E-state index contributed by atoms with van der Waals surface area (Å²) in [6.45, 7) is 7.28. The van der Waals surface area contributed by atoms with Gasteiger partial charge < -0.3 is 10.7 Å². The van der Waals surface area contributed by atoms with Crippen molar-refractivity contribution in [3.05, 3.63) is 23.9 Å². The fraction of sp³-hybridized carbons (Fsp3) is 0.538. The highest BCUT2D eigenvalue weighted by atomic mass is 15.0. The predicted octanol–water partition coefficient (Wildman–Crippen LogP) is 3.32. The van der Waals surface area contributed by atoms with Gasteiger partial charge in [-0.05, 0) is 30.9 Å². The van der Waals surface area contributed by atoms with Crippen LogP contribution >= 0.6 is 0 Å². The van der Waals surface area contributed by atoms with E-state index in [1.807, 2.05) is 12.1 Å². The second-order valence-electron chi connectivity index (χ2n) is 4.40. The summed E-state index contributed by atoms with van der Waals surface area (Å²) in [5.41, 5.74) is 1.60. The van der Waals surface area contributed by atoms with E-state index in [-0.39, 0.29) is 0 Å². The quantitative estimate of drug-likeness (QED) is 0.721. The fourth-order valence-electron chi connectivity index (χ4n) is 1.55. The minimum absolute atomic E-state index is 0.506. The highest BCUT2D eigenvalue weighted by molar-refractivity contribution is 6.02. The Labute approximate surface area is 97.8 Å². The van der Waals surface area contributed by atoms with E-state index >= 15 is 0 Å². The van der Waals surface area contributed by atoms with Crippen molar-refractivity contribution < 1.29 is 0 Å². The van der Waals surface area contributed by atoms with Crippen molar-refractivity contribution in [3.8, 4) is 0 Å². The number of hydrogen-bond donors (Lipinski definition) is 2. The Hall–Kier alpha value is -1.38. The largest absolute Gasteiger partial charge is 0.370 e. The molecule has 16 heavy (non-hydrogen) atoms. The number of aromatic nitrogens is 1. The zero-order valence-corrected chi connectivity index (χ0v) is 10.4. The molecule has 0 amide bonds. The molecule has 2 N–H and O–H groups in total. The molecule has 0 saturated heterocycles. The lowest BCUT2D eigenvalue weighted by Gasteiger charge is -2.12. The van der Waals surface area contributed by atoms with Crippen LogP contribution in [0.5, 0.6) is 0 Å². The zero-order valence-electron chi connectivity index (χ0n) is 10.4. The Balaban J connectivity index is 2.81. The van der Waals surface area contributed by atoms with Crippen molar-refractivity contribution in [3.63, 3.8) is 0 Å². The van der Waals surface area contributed by atoms with Crippen LogP contribution < -0.4 is 5.32 Å². The van der Waals surface area contributed by atoms with E-state index in [4.69, 9.17) is 5.41 Å². The first-order valence-corrected chi connectivity index (χ1v) is 5.91. The third-order valence-corrected chi connectivity index (χ3v) is 2.29. The molecule has 0 saturated carbocycles. The maximum atomic E-state index is 8.06. The Morgan fingerprint density at radius 2 is 2.25 bits per heavy atom. The molecule has 0 aliphatic rings. The summed E-state index contributed by atoms with van der Waals surface area (Å²) in [4.78, 5) is 4.29. The zero-order chi connectivity index (χ0) is 12.0. The molecule has 0 aliphatic carbocycles. The number of nitrogens with one attached hydrogen (secondary N) is 2. The molecule has 0 aliphatic heterocycles. The highest BCUT2D eigenvalue weighted by Crippen LogP contribution is 2.16. The summed E-state index contributed by atoms with van der Waals surface area (Å²) >= 11 is 0. The van der Waals surface area contributed by atoms with Crippen molar-refractivity contribution in [1.29, 1.82) is 5.41 Å². The molecule has 0 bridgehead atoms. The molecule has 1 rings (SSSR count). The molecule has 1 aromatic rings. The summed E-state index contributed by atoms with van der Waals surface area (Å²) in [5, 5.41) is 11.3. The van der Waals surface area contributed by atoms with Gasteiger partial charge in [-0.2, -0.15) is 0 Å². The Morgan fingerprint density at radius 3 is 2.88 bits per heavy atom. The van der Waals surface area contributed by atoms with Gasteiger partial charge in [0, 0.05) is 24.0 Å². The van der Waals surface area contributed by atoms with Crippen LogP contribution in [0.15, 0.2) is 18.3 Å². The van der Waals surface area contributed by atoms with Gasteiger partial charge in [0.05, 0.1) is 0 Å². The normalized spacial score (nSPS) is 10.5. The first-order chi connectivity index (χ1) is 7.65. The van der Waals surface area contributed by atoms with Gasteiger partial charge in [0.2, 0.25) is 0 Å². The molecular formula is C13H21N3.